The molecule has 3 aromatic rings. The van der Waals surface area contributed by atoms with E-state index in [0.29, 0.717) is 6.42 Å². The van der Waals surface area contributed by atoms with E-state index in [9.17, 15) is 4.79 Å². The molecule has 114 valence electrons. The zero-order valence-electron chi connectivity index (χ0n) is 13.0. The van der Waals surface area contributed by atoms with E-state index in [-0.39, 0.29) is 5.78 Å². The van der Waals surface area contributed by atoms with E-state index < -0.39 is 0 Å². The van der Waals surface area contributed by atoms with Gasteiger partial charge in [-0.2, -0.15) is 0 Å². The highest BCUT2D eigenvalue weighted by molar-refractivity contribution is 7.99. The molecule has 3 aromatic carbocycles. The van der Waals surface area contributed by atoms with Gasteiger partial charge in [-0.3, -0.25) is 4.79 Å². The highest BCUT2D eigenvalue weighted by Gasteiger charge is 2.07. The Hall–Kier alpha value is -2.32. The minimum absolute atomic E-state index is 0.158. The molecule has 0 atom stereocenters. The van der Waals surface area contributed by atoms with Crippen LogP contribution in [0.1, 0.15) is 21.5 Å². The van der Waals surface area contributed by atoms with E-state index in [1.54, 1.807) is 11.8 Å². The molecule has 0 bridgehead atoms. The van der Waals surface area contributed by atoms with Gasteiger partial charge in [-0.05, 0) is 36.8 Å². The van der Waals surface area contributed by atoms with Crippen molar-refractivity contribution in [1.82, 2.24) is 0 Å². The fourth-order valence-electron chi connectivity index (χ4n) is 2.33. The predicted octanol–water partition coefficient (Wildman–Crippen LogP) is 5.57. The average Bonchev–Trinajstić information content (AvgIpc) is 2.58. The standard InChI is InChI=1S/C21H18OS/c1-16-7-9-17(10-8-16)15-21(22)18-11-13-20(14-12-18)23-19-5-3-2-4-6-19/h2-14H,15H2,1H3. The summed E-state index contributed by atoms with van der Waals surface area (Å²) in [6, 6.07) is 26.2. The van der Waals surface area contributed by atoms with Gasteiger partial charge in [0.2, 0.25) is 0 Å². The van der Waals surface area contributed by atoms with Crippen LogP contribution in [0.15, 0.2) is 88.7 Å². The molecule has 0 spiro atoms. The van der Waals surface area contributed by atoms with Crippen LogP contribution in [-0.4, -0.2) is 5.78 Å². The SMILES string of the molecule is Cc1ccc(CC(=O)c2ccc(Sc3ccccc3)cc2)cc1. The molecule has 1 nitrogen and oxygen atoms in total. The van der Waals surface area contributed by atoms with Gasteiger partial charge in [-0.1, -0.05) is 71.9 Å². The van der Waals surface area contributed by atoms with Gasteiger partial charge >= 0.3 is 0 Å². The predicted molar refractivity (Wildman–Crippen MR) is 96.2 cm³/mol. The van der Waals surface area contributed by atoms with Gasteiger partial charge in [0.25, 0.3) is 0 Å². The number of aryl methyl sites for hydroxylation is 1. The van der Waals surface area contributed by atoms with Crippen LogP contribution >= 0.6 is 11.8 Å². The molecule has 0 aliphatic rings. The van der Waals surface area contributed by atoms with Crippen molar-refractivity contribution in [1.29, 1.82) is 0 Å². The first-order valence-electron chi connectivity index (χ1n) is 7.62. The van der Waals surface area contributed by atoms with Crippen molar-refractivity contribution >= 4 is 17.5 Å². The summed E-state index contributed by atoms with van der Waals surface area (Å²) in [5.74, 6) is 0.158. The second-order valence-electron chi connectivity index (χ2n) is 5.53. The normalized spacial score (nSPS) is 10.5. The number of Topliss-reactive ketones (excluding diaryl/α,β-unsaturated/α-hetero) is 1. The van der Waals surface area contributed by atoms with E-state index in [1.807, 2.05) is 66.7 Å². The fourth-order valence-corrected chi connectivity index (χ4v) is 3.16. The van der Waals surface area contributed by atoms with E-state index >= 15 is 0 Å². The monoisotopic (exact) mass is 318 g/mol. The molecule has 3 rings (SSSR count). The van der Waals surface area contributed by atoms with Crippen molar-refractivity contribution < 1.29 is 4.79 Å². The van der Waals surface area contributed by atoms with Crippen molar-refractivity contribution in [3.8, 4) is 0 Å². The smallest absolute Gasteiger partial charge is 0.167 e. The fraction of sp³-hybridized carbons (Fsp3) is 0.0952. The summed E-state index contributed by atoms with van der Waals surface area (Å²) in [7, 11) is 0. The molecule has 0 saturated carbocycles. The molecule has 0 aromatic heterocycles. The third-order valence-corrected chi connectivity index (χ3v) is 4.66. The van der Waals surface area contributed by atoms with Crippen LogP contribution in [0.3, 0.4) is 0 Å². The minimum Gasteiger partial charge on any atom is -0.294 e. The first kappa shape index (κ1) is 15.6. The summed E-state index contributed by atoms with van der Waals surface area (Å²) in [6.07, 6.45) is 0.450. The van der Waals surface area contributed by atoms with E-state index in [4.69, 9.17) is 0 Å². The molecule has 0 heterocycles. The zero-order chi connectivity index (χ0) is 16.1. The first-order chi connectivity index (χ1) is 11.2. The lowest BCUT2D eigenvalue weighted by molar-refractivity contribution is 0.0993. The van der Waals surface area contributed by atoms with Crippen LogP contribution in [0.5, 0.6) is 0 Å². The Bertz CT molecular complexity index is 774. The Morgan fingerprint density at radius 2 is 1.39 bits per heavy atom. The minimum atomic E-state index is 0.158. The largest absolute Gasteiger partial charge is 0.294 e. The molecule has 0 radical (unpaired) electrons. The number of benzene rings is 3. The molecule has 0 N–H and O–H groups in total. The van der Waals surface area contributed by atoms with Gasteiger partial charge in [0.15, 0.2) is 5.78 Å². The molecule has 2 heteroatoms. The van der Waals surface area contributed by atoms with Crippen LogP contribution in [0.4, 0.5) is 0 Å². The maximum atomic E-state index is 12.4. The second-order valence-corrected chi connectivity index (χ2v) is 6.67. The summed E-state index contributed by atoms with van der Waals surface area (Å²) >= 11 is 1.70. The maximum Gasteiger partial charge on any atom is 0.167 e. The molecular formula is C21H18OS. The van der Waals surface area contributed by atoms with Crippen molar-refractivity contribution in [2.45, 2.75) is 23.1 Å². The Morgan fingerprint density at radius 1 is 0.783 bits per heavy atom. The number of carbonyl (C=O) groups is 1. The Balaban J connectivity index is 1.66. The molecule has 0 saturated heterocycles. The molecule has 0 unspecified atom stereocenters. The third kappa shape index (κ3) is 4.33. The number of ketones is 1. The van der Waals surface area contributed by atoms with Crippen molar-refractivity contribution in [2.24, 2.45) is 0 Å². The second kappa shape index (κ2) is 7.30. The highest BCUT2D eigenvalue weighted by atomic mass is 32.2. The van der Waals surface area contributed by atoms with E-state index in [0.717, 1.165) is 16.0 Å². The van der Waals surface area contributed by atoms with Crippen molar-refractivity contribution in [3.63, 3.8) is 0 Å². The number of hydrogen-bond donors (Lipinski definition) is 0. The molecule has 0 fully saturated rings. The zero-order valence-corrected chi connectivity index (χ0v) is 13.8. The number of hydrogen-bond acceptors (Lipinski definition) is 2. The van der Waals surface area contributed by atoms with Gasteiger partial charge in [0.1, 0.15) is 0 Å². The Kier molecular flexibility index (Phi) is 4.94. The molecular weight excluding hydrogens is 300 g/mol. The van der Waals surface area contributed by atoms with Crippen LogP contribution in [0, 0.1) is 6.92 Å². The molecule has 0 aliphatic carbocycles. The van der Waals surface area contributed by atoms with Crippen molar-refractivity contribution in [2.75, 3.05) is 0 Å². The Labute approximate surface area is 141 Å². The average molecular weight is 318 g/mol. The quantitative estimate of drug-likeness (QED) is 0.572. The third-order valence-electron chi connectivity index (χ3n) is 3.64. The summed E-state index contributed by atoms with van der Waals surface area (Å²) < 4.78 is 0. The van der Waals surface area contributed by atoms with Crippen LogP contribution in [-0.2, 0) is 6.42 Å². The summed E-state index contributed by atoms with van der Waals surface area (Å²) in [4.78, 5) is 14.7. The number of carbonyl (C=O) groups excluding carboxylic acids is 1. The van der Waals surface area contributed by atoms with Crippen molar-refractivity contribution in [3.05, 3.63) is 95.6 Å². The first-order valence-corrected chi connectivity index (χ1v) is 8.44. The van der Waals surface area contributed by atoms with Gasteiger partial charge in [0.05, 0.1) is 0 Å². The molecule has 23 heavy (non-hydrogen) atoms. The summed E-state index contributed by atoms with van der Waals surface area (Å²) in [5.41, 5.74) is 3.04. The van der Waals surface area contributed by atoms with E-state index in [2.05, 4.69) is 19.1 Å². The summed E-state index contributed by atoms with van der Waals surface area (Å²) in [5, 5.41) is 0. The highest BCUT2D eigenvalue weighted by Crippen LogP contribution is 2.27. The van der Waals surface area contributed by atoms with Crippen LogP contribution in [0.2, 0.25) is 0 Å². The van der Waals surface area contributed by atoms with Gasteiger partial charge < -0.3 is 0 Å². The topological polar surface area (TPSA) is 17.1 Å². The van der Waals surface area contributed by atoms with Gasteiger partial charge in [-0.15, -0.1) is 0 Å². The molecule has 0 amide bonds. The van der Waals surface area contributed by atoms with Gasteiger partial charge in [0, 0.05) is 21.8 Å². The molecule has 0 aliphatic heterocycles. The lowest BCUT2D eigenvalue weighted by atomic mass is 10.0. The van der Waals surface area contributed by atoms with E-state index in [1.165, 1.54) is 10.5 Å². The lowest BCUT2D eigenvalue weighted by Crippen LogP contribution is -2.03. The van der Waals surface area contributed by atoms with Gasteiger partial charge in [-0.25, -0.2) is 0 Å². The summed E-state index contributed by atoms with van der Waals surface area (Å²) in [6.45, 7) is 2.05. The Morgan fingerprint density at radius 3 is 2.04 bits per heavy atom. The lowest BCUT2D eigenvalue weighted by Gasteiger charge is -2.05. The number of rotatable bonds is 5. The van der Waals surface area contributed by atoms with Crippen LogP contribution < -0.4 is 0 Å². The van der Waals surface area contributed by atoms with Crippen LogP contribution in [0.25, 0.3) is 0 Å². The maximum absolute atomic E-state index is 12.4.